The minimum Gasteiger partial charge on any atom is -0.378 e. The highest BCUT2D eigenvalue weighted by molar-refractivity contribution is 6.06. The van der Waals surface area contributed by atoms with Crippen LogP contribution in [0, 0.1) is 0 Å². The van der Waals surface area contributed by atoms with Crippen LogP contribution in [0.2, 0.25) is 0 Å². The van der Waals surface area contributed by atoms with E-state index in [9.17, 15) is 4.79 Å². The second-order valence-corrected chi connectivity index (χ2v) is 5.96. The zero-order valence-electron chi connectivity index (χ0n) is 14.5. The third-order valence-electron chi connectivity index (χ3n) is 4.16. The first-order chi connectivity index (χ1) is 12.5. The molecule has 6 N–H and O–H groups in total. The van der Waals surface area contributed by atoms with Crippen molar-refractivity contribution in [2.75, 3.05) is 37.7 Å². The predicted octanol–water partition coefficient (Wildman–Crippen LogP) is -0.141. The molecule has 138 valence electrons. The lowest BCUT2D eigenvalue weighted by Crippen LogP contribution is -2.45. The maximum atomic E-state index is 12.9. The Hall–Kier alpha value is -3.07. The Morgan fingerprint density at radius 2 is 1.73 bits per heavy atom. The van der Waals surface area contributed by atoms with Crippen LogP contribution in [-0.2, 0) is 9.53 Å². The number of ether oxygens (including phenoxy) is 1. The summed E-state index contributed by atoms with van der Waals surface area (Å²) in [5, 5.41) is 0. The topological polar surface area (TPSA) is 136 Å². The van der Waals surface area contributed by atoms with Gasteiger partial charge in [0.25, 0.3) is 5.91 Å². The molecule has 2 heterocycles. The third kappa shape index (κ3) is 4.12. The van der Waals surface area contributed by atoms with E-state index in [2.05, 4.69) is 14.9 Å². The maximum Gasteiger partial charge on any atom is 0.274 e. The molecule has 0 atom stereocenters. The van der Waals surface area contributed by atoms with Crippen molar-refractivity contribution in [2.45, 2.75) is 6.42 Å². The Kier molecular flexibility index (Phi) is 5.37. The molecule has 26 heavy (non-hydrogen) atoms. The van der Waals surface area contributed by atoms with Crippen molar-refractivity contribution >= 4 is 29.2 Å². The zero-order chi connectivity index (χ0) is 18.5. The molecule has 0 aliphatic carbocycles. The van der Waals surface area contributed by atoms with Gasteiger partial charge < -0.3 is 31.7 Å². The van der Waals surface area contributed by atoms with E-state index in [1.54, 1.807) is 17.0 Å². The van der Waals surface area contributed by atoms with E-state index in [1.165, 1.54) is 0 Å². The number of aliphatic imine (C=N–C) groups is 2. The second kappa shape index (κ2) is 7.87. The number of guanidine groups is 2. The first-order valence-corrected chi connectivity index (χ1v) is 8.43. The van der Waals surface area contributed by atoms with Gasteiger partial charge in [0.2, 0.25) is 5.96 Å². The average molecular weight is 357 g/mol. The molecular formula is C17H23N7O2. The number of nitrogens with two attached hydrogens (primary N) is 3. The van der Waals surface area contributed by atoms with Gasteiger partial charge in [-0.25, -0.2) is 4.99 Å². The molecule has 9 nitrogen and oxygen atoms in total. The van der Waals surface area contributed by atoms with Gasteiger partial charge in [-0.2, -0.15) is 4.99 Å². The number of benzene rings is 1. The highest BCUT2D eigenvalue weighted by atomic mass is 16.5. The molecule has 2 aliphatic heterocycles. The van der Waals surface area contributed by atoms with E-state index < -0.39 is 0 Å². The van der Waals surface area contributed by atoms with Crippen LogP contribution in [0.5, 0.6) is 0 Å². The standard InChI is InChI=1S/C17H23N7O2/c18-16(19)22-17(20)21-12-3-5-13(6-4-12)24-7-1-2-14(15(24)25)23-8-10-26-11-9-23/h2-6H,1,7-11H2,(H6,18,19,20,21,22). The first kappa shape index (κ1) is 17.7. The van der Waals surface area contributed by atoms with Crippen LogP contribution in [-0.4, -0.2) is 55.6 Å². The lowest BCUT2D eigenvalue weighted by molar-refractivity contribution is -0.117. The summed E-state index contributed by atoms with van der Waals surface area (Å²) in [6.07, 6.45) is 2.83. The average Bonchev–Trinajstić information content (AvgIpc) is 2.63. The fourth-order valence-corrected chi connectivity index (χ4v) is 2.97. The Bertz CT molecular complexity index is 745. The molecule has 1 saturated heterocycles. The number of carbonyl (C=O) groups is 1. The molecular weight excluding hydrogens is 334 g/mol. The van der Waals surface area contributed by atoms with Crippen molar-refractivity contribution < 1.29 is 9.53 Å². The van der Waals surface area contributed by atoms with Crippen molar-refractivity contribution in [1.29, 1.82) is 0 Å². The molecule has 2 aliphatic rings. The predicted molar refractivity (Wildman–Crippen MR) is 101 cm³/mol. The maximum absolute atomic E-state index is 12.9. The van der Waals surface area contributed by atoms with Gasteiger partial charge in [-0.15, -0.1) is 0 Å². The lowest BCUT2D eigenvalue weighted by atomic mass is 10.1. The van der Waals surface area contributed by atoms with Gasteiger partial charge in [-0.1, -0.05) is 6.08 Å². The van der Waals surface area contributed by atoms with E-state index in [-0.39, 0.29) is 17.8 Å². The summed E-state index contributed by atoms with van der Waals surface area (Å²) < 4.78 is 5.36. The Labute approximate surface area is 151 Å². The number of carbonyl (C=O) groups excluding carboxylic acids is 1. The summed E-state index contributed by atoms with van der Waals surface area (Å²) in [4.78, 5) is 24.5. The van der Waals surface area contributed by atoms with Crippen molar-refractivity contribution in [3.05, 3.63) is 36.0 Å². The third-order valence-corrected chi connectivity index (χ3v) is 4.16. The molecule has 1 aromatic rings. The summed E-state index contributed by atoms with van der Waals surface area (Å²) in [5.41, 5.74) is 18.3. The van der Waals surface area contributed by atoms with Crippen LogP contribution in [0.15, 0.2) is 46.0 Å². The normalized spacial score (nSPS) is 18.5. The fourth-order valence-electron chi connectivity index (χ4n) is 2.97. The molecule has 0 aromatic heterocycles. The Morgan fingerprint density at radius 3 is 2.38 bits per heavy atom. The van der Waals surface area contributed by atoms with Crippen molar-refractivity contribution in [3.63, 3.8) is 0 Å². The van der Waals surface area contributed by atoms with E-state index in [1.807, 2.05) is 18.2 Å². The van der Waals surface area contributed by atoms with Crippen LogP contribution in [0.4, 0.5) is 11.4 Å². The number of morpholine rings is 1. The summed E-state index contributed by atoms with van der Waals surface area (Å²) in [6, 6.07) is 7.21. The van der Waals surface area contributed by atoms with E-state index in [0.717, 1.165) is 30.9 Å². The molecule has 9 heteroatoms. The van der Waals surface area contributed by atoms with Gasteiger partial charge in [-0.05, 0) is 30.7 Å². The van der Waals surface area contributed by atoms with Crippen LogP contribution >= 0.6 is 0 Å². The molecule has 1 amide bonds. The van der Waals surface area contributed by atoms with Crippen LogP contribution < -0.4 is 22.1 Å². The van der Waals surface area contributed by atoms with Crippen LogP contribution in [0.3, 0.4) is 0 Å². The molecule has 0 saturated carbocycles. The number of hydrogen-bond acceptors (Lipinski definition) is 4. The van der Waals surface area contributed by atoms with Crippen molar-refractivity contribution in [3.8, 4) is 0 Å². The molecule has 1 fully saturated rings. The van der Waals surface area contributed by atoms with Gasteiger partial charge >= 0.3 is 0 Å². The fraction of sp³-hybridized carbons (Fsp3) is 0.353. The summed E-state index contributed by atoms with van der Waals surface area (Å²) >= 11 is 0. The smallest absolute Gasteiger partial charge is 0.274 e. The molecule has 0 radical (unpaired) electrons. The largest absolute Gasteiger partial charge is 0.378 e. The molecule has 0 bridgehead atoms. The summed E-state index contributed by atoms with van der Waals surface area (Å²) in [7, 11) is 0. The Morgan fingerprint density at radius 1 is 1.04 bits per heavy atom. The minimum atomic E-state index is -0.149. The first-order valence-electron chi connectivity index (χ1n) is 8.43. The van der Waals surface area contributed by atoms with Gasteiger partial charge in [0, 0.05) is 25.3 Å². The molecule has 3 rings (SSSR count). The van der Waals surface area contributed by atoms with Crippen LogP contribution in [0.1, 0.15) is 6.42 Å². The molecule has 1 aromatic carbocycles. The molecule has 0 unspecified atom stereocenters. The summed E-state index contributed by atoms with van der Waals surface area (Å²) in [6.45, 7) is 3.42. The number of nitrogens with zero attached hydrogens (tertiary/aromatic N) is 4. The van der Waals surface area contributed by atoms with Crippen molar-refractivity contribution in [1.82, 2.24) is 4.90 Å². The van der Waals surface area contributed by atoms with Gasteiger partial charge in [0.05, 0.1) is 24.6 Å². The highest BCUT2D eigenvalue weighted by Crippen LogP contribution is 2.25. The number of rotatable bonds is 3. The summed E-state index contributed by atoms with van der Waals surface area (Å²) in [5.74, 6) is -0.164. The van der Waals surface area contributed by atoms with E-state index in [4.69, 9.17) is 21.9 Å². The second-order valence-electron chi connectivity index (χ2n) is 5.96. The highest BCUT2D eigenvalue weighted by Gasteiger charge is 2.28. The van der Waals surface area contributed by atoms with Gasteiger partial charge in [0.1, 0.15) is 0 Å². The van der Waals surface area contributed by atoms with E-state index in [0.29, 0.717) is 25.4 Å². The number of hydrogen-bond donors (Lipinski definition) is 3. The van der Waals surface area contributed by atoms with Crippen molar-refractivity contribution in [2.24, 2.45) is 27.2 Å². The zero-order valence-corrected chi connectivity index (χ0v) is 14.5. The SMILES string of the molecule is NC(N)=NC(N)=Nc1ccc(N2CCC=C(N3CCOCC3)C2=O)cc1. The minimum absolute atomic E-state index is 0.00872. The number of anilines is 1. The lowest BCUT2D eigenvalue weighted by Gasteiger charge is -2.35. The van der Waals surface area contributed by atoms with Gasteiger partial charge in [-0.3, -0.25) is 4.79 Å². The quantitative estimate of drug-likeness (QED) is 0.509. The van der Waals surface area contributed by atoms with Gasteiger partial charge in [0.15, 0.2) is 5.96 Å². The molecule has 0 spiro atoms. The Balaban J connectivity index is 1.74. The number of amides is 1. The van der Waals surface area contributed by atoms with E-state index >= 15 is 0 Å². The monoisotopic (exact) mass is 357 g/mol. The van der Waals surface area contributed by atoms with Crippen LogP contribution in [0.25, 0.3) is 0 Å².